The van der Waals surface area contributed by atoms with Gasteiger partial charge in [-0.2, -0.15) is 0 Å². The number of aryl methyl sites for hydroxylation is 3. The molecule has 1 aliphatic carbocycles. The molecule has 1 aromatic heterocycles. The lowest BCUT2D eigenvalue weighted by Crippen LogP contribution is -2.05. The molecule has 1 heterocycles. The number of nitrogens with one attached hydrogen (secondary N) is 1. The van der Waals surface area contributed by atoms with Crippen molar-refractivity contribution in [3.63, 3.8) is 0 Å². The van der Waals surface area contributed by atoms with Crippen LogP contribution in [0.15, 0.2) is 23.0 Å². The third-order valence-electron chi connectivity index (χ3n) is 3.26. The highest BCUT2D eigenvalue weighted by Crippen LogP contribution is 2.27. The first-order valence-corrected chi connectivity index (χ1v) is 5.39. The van der Waals surface area contributed by atoms with Crippen molar-refractivity contribution >= 4 is 10.9 Å². The number of aromatic nitrogens is 1. The highest BCUT2D eigenvalue weighted by molar-refractivity contribution is 5.83. The van der Waals surface area contributed by atoms with Crippen LogP contribution < -0.4 is 5.56 Å². The van der Waals surface area contributed by atoms with Crippen molar-refractivity contribution in [1.82, 2.24) is 4.98 Å². The summed E-state index contributed by atoms with van der Waals surface area (Å²) in [6.07, 6.45) is 3.58. The zero-order chi connectivity index (χ0) is 10.4. The van der Waals surface area contributed by atoms with Gasteiger partial charge in [-0.25, -0.2) is 0 Å². The van der Waals surface area contributed by atoms with Crippen molar-refractivity contribution in [2.24, 2.45) is 0 Å². The molecule has 0 unspecified atom stereocenters. The summed E-state index contributed by atoms with van der Waals surface area (Å²) in [5, 5.41) is 1.19. The van der Waals surface area contributed by atoms with Gasteiger partial charge < -0.3 is 4.98 Å². The molecule has 1 aliphatic rings. The van der Waals surface area contributed by atoms with E-state index in [1.807, 2.05) is 6.92 Å². The first kappa shape index (κ1) is 8.72. The van der Waals surface area contributed by atoms with Crippen LogP contribution in [-0.4, -0.2) is 4.98 Å². The summed E-state index contributed by atoms with van der Waals surface area (Å²) in [5.41, 5.74) is 4.92. The molecule has 1 aromatic carbocycles. The van der Waals surface area contributed by atoms with Gasteiger partial charge in [0, 0.05) is 17.0 Å². The minimum Gasteiger partial charge on any atom is -0.322 e. The lowest BCUT2D eigenvalue weighted by atomic mass is 10.0. The lowest BCUT2D eigenvalue weighted by Gasteiger charge is -2.05. The third kappa shape index (κ3) is 1.29. The molecular formula is C13H13NO. The van der Waals surface area contributed by atoms with E-state index in [0.717, 1.165) is 17.5 Å². The predicted octanol–water partition coefficient (Wildman–Crippen LogP) is 2.33. The van der Waals surface area contributed by atoms with Crippen LogP contribution in [0.2, 0.25) is 0 Å². The van der Waals surface area contributed by atoms with Crippen molar-refractivity contribution in [2.45, 2.75) is 26.2 Å². The van der Waals surface area contributed by atoms with Gasteiger partial charge in [-0.15, -0.1) is 0 Å². The Morgan fingerprint density at radius 1 is 1.13 bits per heavy atom. The average molecular weight is 199 g/mol. The Labute approximate surface area is 87.9 Å². The molecule has 1 N–H and O–H groups in total. The Morgan fingerprint density at radius 2 is 1.87 bits per heavy atom. The quantitative estimate of drug-likeness (QED) is 0.694. The summed E-state index contributed by atoms with van der Waals surface area (Å²) in [5.74, 6) is 0. The van der Waals surface area contributed by atoms with Crippen molar-refractivity contribution in [2.75, 3.05) is 0 Å². The third-order valence-corrected chi connectivity index (χ3v) is 3.26. The largest absolute Gasteiger partial charge is 0.322 e. The molecule has 76 valence electrons. The predicted molar refractivity (Wildman–Crippen MR) is 61.3 cm³/mol. The van der Waals surface area contributed by atoms with Gasteiger partial charge in [0.1, 0.15) is 0 Å². The SMILES string of the molecule is Cc1cc(=O)[nH]c2cc3c(cc12)CCC3. The Hall–Kier alpha value is -1.57. The number of hydrogen-bond acceptors (Lipinski definition) is 1. The van der Waals surface area contributed by atoms with Crippen LogP contribution in [0.25, 0.3) is 10.9 Å². The van der Waals surface area contributed by atoms with Gasteiger partial charge in [0.15, 0.2) is 0 Å². The minimum absolute atomic E-state index is 0.00190. The first-order valence-electron chi connectivity index (χ1n) is 5.39. The molecule has 2 heteroatoms. The van der Waals surface area contributed by atoms with Crippen LogP contribution in [0.4, 0.5) is 0 Å². The number of fused-ring (bicyclic) bond motifs is 2. The molecular weight excluding hydrogens is 186 g/mol. The van der Waals surface area contributed by atoms with Gasteiger partial charge in [0.25, 0.3) is 0 Å². The normalized spacial score (nSPS) is 14.5. The Balaban J connectivity index is 2.43. The van der Waals surface area contributed by atoms with E-state index in [0.29, 0.717) is 0 Å². The fourth-order valence-corrected chi connectivity index (χ4v) is 2.50. The molecule has 2 aromatic rings. The monoisotopic (exact) mass is 199 g/mol. The van der Waals surface area contributed by atoms with Crippen LogP contribution in [0.3, 0.4) is 0 Å². The fourth-order valence-electron chi connectivity index (χ4n) is 2.50. The van der Waals surface area contributed by atoms with Gasteiger partial charge >= 0.3 is 0 Å². The maximum Gasteiger partial charge on any atom is 0.248 e. The van der Waals surface area contributed by atoms with Gasteiger partial charge in [0.05, 0.1) is 0 Å². The number of rotatable bonds is 0. The van der Waals surface area contributed by atoms with Crippen LogP contribution in [0.1, 0.15) is 23.1 Å². The van der Waals surface area contributed by atoms with Gasteiger partial charge in [-0.3, -0.25) is 4.79 Å². The summed E-state index contributed by atoms with van der Waals surface area (Å²) in [6, 6.07) is 6.05. The molecule has 2 nitrogen and oxygen atoms in total. The maximum absolute atomic E-state index is 11.3. The molecule has 0 amide bonds. The van der Waals surface area contributed by atoms with Crippen LogP contribution >= 0.6 is 0 Å². The van der Waals surface area contributed by atoms with E-state index in [-0.39, 0.29) is 5.56 Å². The summed E-state index contributed by atoms with van der Waals surface area (Å²) in [6.45, 7) is 2.00. The fraction of sp³-hybridized carbons (Fsp3) is 0.308. The van der Waals surface area contributed by atoms with E-state index >= 15 is 0 Å². The molecule has 3 rings (SSSR count). The van der Waals surface area contributed by atoms with E-state index < -0.39 is 0 Å². The van der Waals surface area contributed by atoms with Gasteiger partial charge in [-0.05, 0) is 55.0 Å². The Kier molecular flexibility index (Phi) is 1.72. The van der Waals surface area contributed by atoms with Crippen molar-refractivity contribution in [3.8, 4) is 0 Å². The molecule has 0 fully saturated rings. The van der Waals surface area contributed by atoms with Crippen LogP contribution in [0.5, 0.6) is 0 Å². The molecule has 0 atom stereocenters. The first-order chi connectivity index (χ1) is 7.24. The van der Waals surface area contributed by atoms with Gasteiger partial charge in [-0.1, -0.05) is 0 Å². The molecule has 0 aliphatic heterocycles. The highest BCUT2D eigenvalue weighted by Gasteiger charge is 2.12. The lowest BCUT2D eigenvalue weighted by molar-refractivity contribution is 0.912. The molecule has 0 saturated carbocycles. The highest BCUT2D eigenvalue weighted by atomic mass is 16.1. The Morgan fingerprint density at radius 3 is 2.67 bits per heavy atom. The molecule has 0 spiro atoms. The van der Waals surface area contributed by atoms with E-state index in [1.165, 1.54) is 29.4 Å². The average Bonchev–Trinajstić information content (AvgIpc) is 2.61. The van der Waals surface area contributed by atoms with Crippen LogP contribution in [-0.2, 0) is 12.8 Å². The van der Waals surface area contributed by atoms with E-state index in [9.17, 15) is 4.79 Å². The van der Waals surface area contributed by atoms with Crippen LogP contribution in [0, 0.1) is 6.92 Å². The second-order valence-electron chi connectivity index (χ2n) is 4.34. The van der Waals surface area contributed by atoms with Crippen molar-refractivity contribution in [1.29, 1.82) is 0 Å². The Bertz CT molecular complexity index is 595. The van der Waals surface area contributed by atoms with Crippen molar-refractivity contribution in [3.05, 3.63) is 45.2 Å². The summed E-state index contributed by atoms with van der Waals surface area (Å²) in [4.78, 5) is 14.3. The zero-order valence-electron chi connectivity index (χ0n) is 8.76. The molecule has 0 saturated heterocycles. The second kappa shape index (κ2) is 2.96. The maximum atomic E-state index is 11.3. The van der Waals surface area contributed by atoms with Crippen molar-refractivity contribution < 1.29 is 0 Å². The number of pyridine rings is 1. The summed E-state index contributed by atoms with van der Waals surface area (Å²) >= 11 is 0. The topological polar surface area (TPSA) is 32.9 Å². The second-order valence-corrected chi connectivity index (χ2v) is 4.34. The zero-order valence-corrected chi connectivity index (χ0v) is 8.76. The number of benzene rings is 1. The molecule has 0 bridgehead atoms. The summed E-state index contributed by atoms with van der Waals surface area (Å²) in [7, 11) is 0. The number of hydrogen-bond donors (Lipinski definition) is 1. The summed E-state index contributed by atoms with van der Waals surface area (Å²) < 4.78 is 0. The smallest absolute Gasteiger partial charge is 0.248 e. The molecule has 0 radical (unpaired) electrons. The van der Waals surface area contributed by atoms with Gasteiger partial charge in [0.2, 0.25) is 5.56 Å². The number of aromatic amines is 1. The van der Waals surface area contributed by atoms with E-state index in [2.05, 4.69) is 17.1 Å². The number of H-pyrrole nitrogens is 1. The van der Waals surface area contributed by atoms with E-state index in [4.69, 9.17) is 0 Å². The molecule has 15 heavy (non-hydrogen) atoms. The van der Waals surface area contributed by atoms with E-state index in [1.54, 1.807) is 6.07 Å². The minimum atomic E-state index is -0.00190. The standard InChI is InChI=1S/C13H13NO/c1-8-5-13(15)14-12-7-10-4-2-3-9(10)6-11(8)12/h5-7H,2-4H2,1H3,(H,14,15).